The van der Waals surface area contributed by atoms with E-state index in [1.807, 2.05) is 0 Å². The molecule has 1 aromatic rings. The fourth-order valence-electron chi connectivity index (χ4n) is 2.88. The highest BCUT2D eigenvalue weighted by Crippen LogP contribution is 2.37. The normalized spacial score (nSPS) is 20.9. The van der Waals surface area contributed by atoms with Crippen molar-refractivity contribution in [2.24, 2.45) is 5.92 Å². The van der Waals surface area contributed by atoms with E-state index >= 15 is 0 Å². The van der Waals surface area contributed by atoms with E-state index < -0.39 is 0 Å². The Morgan fingerprint density at radius 1 is 1.39 bits per heavy atom. The first-order valence-corrected chi connectivity index (χ1v) is 7.75. The van der Waals surface area contributed by atoms with Gasteiger partial charge in [0, 0.05) is 12.2 Å². The van der Waals surface area contributed by atoms with Crippen molar-refractivity contribution in [1.82, 2.24) is 4.90 Å². The molecule has 6 heteroatoms. The molecule has 23 heavy (non-hydrogen) atoms. The van der Waals surface area contributed by atoms with Crippen LogP contribution in [-0.2, 0) is 9.53 Å². The Balaban J connectivity index is 1.83. The molecule has 1 heterocycles. The Hall–Kier alpha value is -2.34. The van der Waals surface area contributed by atoms with Crippen molar-refractivity contribution in [2.75, 3.05) is 25.1 Å². The van der Waals surface area contributed by atoms with Crippen molar-refractivity contribution in [3.63, 3.8) is 0 Å². The Kier molecular flexibility index (Phi) is 4.34. The van der Waals surface area contributed by atoms with E-state index in [1.54, 1.807) is 11.0 Å². The summed E-state index contributed by atoms with van der Waals surface area (Å²) >= 11 is 0. The first-order valence-electron chi connectivity index (χ1n) is 7.75. The molecule has 2 N–H and O–H groups in total. The topological polar surface area (TPSA) is 78.9 Å². The molecule has 1 aromatic carbocycles. The minimum Gasteiger partial charge on any atom is -0.507 e. The van der Waals surface area contributed by atoms with Gasteiger partial charge in [-0.15, -0.1) is 0 Å². The van der Waals surface area contributed by atoms with Crippen molar-refractivity contribution in [3.05, 3.63) is 36.4 Å². The SMILES string of the molecule is C=CC(=O)Nc1ccc(O)c(C(=O)N2CCOCC2C2CC2)c1. The maximum Gasteiger partial charge on any atom is 0.258 e. The standard InChI is InChI=1S/C17H20N2O4/c1-2-16(21)18-12-5-6-15(20)13(9-12)17(22)19-7-8-23-10-14(19)11-3-4-11/h2,5-6,9,11,14,20H,1,3-4,7-8,10H2,(H,18,21). The van der Waals surface area contributed by atoms with Crippen LogP contribution < -0.4 is 5.32 Å². The summed E-state index contributed by atoms with van der Waals surface area (Å²) in [6, 6.07) is 4.53. The van der Waals surface area contributed by atoms with Gasteiger partial charge in [0.2, 0.25) is 5.91 Å². The highest BCUT2D eigenvalue weighted by molar-refractivity contribution is 6.02. The number of hydrogen-bond donors (Lipinski definition) is 2. The Labute approximate surface area is 134 Å². The molecule has 1 aliphatic heterocycles. The number of nitrogens with one attached hydrogen (secondary N) is 1. The van der Waals surface area contributed by atoms with Crippen LogP contribution in [0.4, 0.5) is 5.69 Å². The van der Waals surface area contributed by atoms with Crippen LogP contribution in [-0.4, -0.2) is 47.6 Å². The maximum absolute atomic E-state index is 12.8. The second kappa shape index (κ2) is 6.42. The summed E-state index contributed by atoms with van der Waals surface area (Å²) in [5.41, 5.74) is 0.645. The number of anilines is 1. The van der Waals surface area contributed by atoms with Gasteiger partial charge >= 0.3 is 0 Å². The smallest absolute Gasteiger partial charge is 0.258 e. The average molecular weight is 316 g/mol. The number of phenolic OH excluding ortho intramolecular Hbond substituents is 1. The fourth-order valence-corrected chi connectivity index (χ4v) is 2.88. The minimum absolute atomic E-state index is 0.0714. The molecule has 0 aromatic heterocycles. The third-order valence-electron chi connectivity index (χ3n) is 4.27. The van der Waals surface area contributed by atoms with Gasteiger partial charge < -0.3 is 20.1 Å². The monoisotopic (exact) mass is 316 g/mol. The number of aromatic hydroxyl groups is 1. The van der Waals surface area contributed by atoms with Crippen LogP contribution in [0.15, 0.2) is 30.9 Å². The lowest BCUT2D eigenvalue weighted by molar-refractivity contribution is -0.111. The molecule has 3 rings (SSSR count). The second-order valence-electron chi connectivity index (χ2n) is 5.90. The lowest BCUT2D eigenvalue weighted by Gasteiger charge is -2.36. The zero-order valence-corrected chi connectivity index (χ0v) is 12.8. The van der Waals surface area contributed by atoms with Crippen molar-refractivity contribution in [3.8, 4) is 5.75 Å². The first kappa shape index (κ1) is 15.6. The number of ether oxygens (including phenoxy) is 1. The molecule has 1 aliphatic carbocycles. The van der Waals surface area contributed by atoms with Crippen LogP contribution in [0.1, 0.15) is 23.2 Å². The van der Waals surface area contributed by atoms with Crippen LogP contribution in [0.5, 0.6) is 5.75 Å². The minimum atomic E-state index is -0.365. The van der Waals surface area contributed by atoms with E-state index in [1.165, 1.54) is 12.1 Å². The molecular formula is C17H20N2O4. The van der Waals surface area contributed by atoms with Gasteiger partial charge in [0.1, 0.15) is 5.75 Å². The number of nitrogens with zero attached hydrogens (tertiary/aromatic N) is 1. The number of morpholine rings is 1. The van der Waals surface area contributed by atoms with E-state index in [9.17, 15) is 14.7 Å². The van der Waals surface area contributed by atoms with Crippen LogP contribution >= 0.6 is 0 Å². The average Bonchev–Trinajstić information content (AvgIpc) is 3.40. The van der Waals surface area contributed by atoms with Gasteiger partial charge in [-0.2, -0.15) is 0 Å². The maximum atomic E-state index is 12.8. The van der Waals surface area contributed by atoms with Crippen molar-refractivity contribution < 1.29 is 19.4 Å². The predicted octanol–water partition coefficient (Wildman–Crippen LogP) is 1.77. The summed E-state index contributed by atoms with van der Waals surface area (Å²) in [5.74, 6) is -0.189. The third kappa shape index (κ3) is 3.37. The van der Waals surface area contributed by atoms with Crippen LogP contribution in [0.2, 0.25) is 0 Å². The van der Waals surface area contributed by atoms with Crippen LogP contribution in [0.25, 0.3) is 0 Å². The predicted molar refractivity (Wildman–Crippen MR) is 85.3 cm³/mol. The summed E-state index contributed by atoms with van der Waals surface area (Å²) in [5, 5.41) is 12.7. The lowest BCUT2D eigenvalue weighted by atomic mass is 10.1. The second-order valence-corrected chi connectivity index (χ2v) is 5.90. The van der Waals surface area contributed by atoms with Crippen LogP contribution in [0.3, 0.4) is 0 Å². The largest absolute Gasteiger partial charge is 0.507 e. The number of amides is 2. The number of carbonyl (C=O) groups excluding carboxylic acids is 2. The molecule has 6 nitrogen and oxygen atoms in total. The highest BCUT2D eigenvalue weighted by Gasteiger charge is 2.39. The quantitative estimate of drug-likeness (QED) is 0.655. The Morgan fingerprint density at radius 2 is 2.17 bits per heavy atom. The van der Waals surface area contributed by atoms with Gasteiger partial charge in [-0.05, 0) is 43.0 Å². The van der Waals surface area contributed by atoms with E-state index in [2.05, 4.69) is 11.9 Å². The van der Waals surface area contributed by atoms with Crippen molar-refractivity contribution in [2.45, 2.75) is 18.9 Å². The molecule has 2 fully saturated rings. The Morgan fingerprint density at radius 3 is 2.87 bits per heavy atom. The van der Waals surface area contributed by atoms with Crippen LogP contribution in [0, 0.1) is 5.92 Å². The van der Waals surface area contributed by atoms with E-state index in [-0.39, 0.29) is 29.2 Å². The van der Waals surface area contributed by atoms with Gasteiger partial charge in [-0.1, -0.05) is 6.58 Å². The number of hydrogen-bond acceptors (Lipinski definition) is 4. The van der Waals surface area contributed by atoms with Crippen molar-refractivity contribution in [1.29, 1.82) is 0 Å². The molecule has 2 amide bonds. The zero-order valence-electron chi connectivity index (χ0n) is 12.8. The summed E-state index contributed by atoms with van der Waals surface area (Å²) in [6.45, 7) is 4.96. The zero-order chi connectivity index (χ0) is 16.4. The van der Waals surface area contributed by atoms with Crippen molar-refractivity contribution >= 4 is 17.5 Å². The molecule has 122 valence electrons. The lowest BCUT2D eigenvalue weighted by Crippen LogP contribution is -2.49. The number of rotatable bonds is 4. The first-order chi connectivity index (χ1) is 11.1. The summed E-state index contributed by atoms with van der Waals surface area (Å²) < 4.78 is 5.50. The number of carbonyl (C=O) groups is 2. The van der Waals surface area contributed by atoms with E-state index in [0.29, 0.717) is 31.4 Å². The summed E-state index contributed by atoms with van der Waals surface area (Å²) in [4.78, 5) is 26.0. The molecule has 0 radical (unpaired) electrons. The molecule has 1 unspecified atom stereocenters. The molecule has 2 aliphatic rings. The summed E-state index contributed by atoms with van der Waals surface area (Å²) in [6.07, 6.45) is 3.37. The van der Waals surface area contributed by atoms with E-state index in [0.717, 1.165) is 18.9 Å². The molecule has 0 spiro atoms. The van der Waals surface area contributed by atoms with Gasteiger partial charge in [0.05, 0.1) is 24.8 Å². The van der Waals surface area contributed by atoms with Gasteiger partial charge in [0.15, 0.2) is 0 Å². The Bertz CT molecular complexity index is 639. The molecule has 0 bridgehead atoms. The molecule has 1 atom stereocenters. The van der Waals surface area contributed by atoms with Gasteiger partial charge in [0.25, 0.3) is 5.91 Å². The third-order valence-corrected chi connectivity index (χ3v) is 4.27. The summed E-state index contributed by atoms with van der Waals surface area (Å²) in [7, 11) is 0. The number of phenols is 1. The molecule has 1 saturated heterocycles. The highest BCUT2D eigenvalue weighted by atomic mass is 16.5. The number of benzene rings is 1. The molecule has 1 saturated carbocycles. The van der Waals surface area contributed by atoms with Gasteiger partial charge in [-0.25, -0.2) is 0 Å². The molecular weight excluding hydrogens is 296 g/mol. The fraction of sp³-hybridized carbons (Fsp3) is 0.412. The van der Waals surface area contributed by atoms with Gasteiger partial charge in [-0.3, -0.25) is 9.59 Å². The van der Waals surface area contributed by atoms with E-state index in [4.69, 9.17) is 4.74 Å².